The quantitative estimate of drug-likeness (QED) is 0.692. The number of hydrogen-bond acceptors (Lipinski definition) is 5. The number of nitrogens with two attached hydrogens (primary N) is 1. The zero-order chi connectivity index (χ0) is 19.6. The minimum absolute atomic E-state index is 0.0754. The number of benzene rings is 2. The minimum atomic E-state index is -3.41. The van der Waals surface area contributed by atoms with Gasteiger partial charge in [0.1, 0.15) is 17.5 Å². The van der Waals surface area contributed by atoms with E-state index >= 15 is 0 Å². The highest BCUT2D eigenvalue weighted by atomic mass is 35.5. The molecule has 3 N–H and O–H groups in total. The summed E-state index contributed by atoms with van der Waals surface area (Å²) in [6.07, 6.45) is 1.08. The first-order valence-corrected chi connectivity index (χ1v) is 10.1. The lowest BCUT2D eigenvalue weighted by Gasteiger charge is -2.12. The van der Waals surface area contributed by atoms with E-state index in [1.54, 1.807) is 48.5 Å². The van der Waals surface area contributed by atoms with Gasteiger partial charge in [-0.1, -0.05) is 41.9 Å². The van der Waals surface area contributed by atoms with Crippen molar-refractivity contribution in [2.75, 3.05) is 16.7 Å². The molecule has 1 heterocycles. The van der Waals surface area contributed by atoms with Gasteiger partial charge in [-0.25, -0.2) is 13.4 Å². The number of halogens is 1. The number of rotatable bonds is 4. The molecule has 0 atom stereocenters. The Kier molecular flexibility index (Phi) is 5.04. The Morgan fingerprint density at radius 3 is 2.52 bits per heavy atom. The predicted molar refractivity (Wildman–Crippen MR) is 108 cm³/mol. The molecule has 0 radical (unpaired) electrons. The maximum atomic E-state index is 11.5. The van der Waals surface area contributed by atoms with Crippen molar-refractivity contribution >= 4 is 33.1 Å². The molecule has 0 fully saturated rings. The number of nitrogen functional groups attached to an aromatic ring is 1. The van der Waals surface area contributed by atoms with E-state index in [0.29, 0.717) is 33.1 Å². The molecular weight excluding hydrogens is 384 g/mol. The lowest BCUT2D eigenvalue weighted by molar-refractivity contribution is 0.607. The predicted octanol–water partition coefficient (Wildman–Crippen LogP) is 3.89. The largest absolute Gasteiger partial charge is 0.383 e. The molecule has 136 valence electrons. The van der Waals surface area contributed by atoms with E-state index < -0.39 is 10.0 Å². The molecule has 0 aliphatic rings. The van der Waals surface area contributed by atoms with Gasteiger partial charge >= 0.3 is 0 Å². The van der Waals surface area contributed by atoms with Crippen molar-refractivity contribution in [2.45, 2.75) is 0 Å². The number of nitrogens with one attached hydrogen (secondary N) is 1. The van der Waals surface area contributed by atoms with E-state index in [9.17, 15) is 13.7 Å². The fourth-order valence-electron chi connectivity index (χ4n) is 2.68. The number of nitrogens with zero attached hydrogens (tertiary/aromatic N) is 2. The van der Waals surface area contributed by atoms with Crippen LogP contribution in [0.5, 0.6) is 0 Å². The fourth-order valence-corrected chi connectivity index (χ4v) is 3.47. The van der Waals surface area contributed by atoms with Gasteiger partial charge < -0.3 is 5.73 Å². The summed E-state index contributed by atoms with van der Waals surface area (Å²) in [7, 11) is -3.41. The Morgan fingerprint density at radius 2 is 1.85 bits per heavy atom. The summed E-state index contributed by atoms with van der Waals surface area (Å²) in [5.41, 5.74) is 9.02. The summed E-state index contributed by atoms with van der Waals surface area (Å²) in [6.45, 7) is 0. The average molecular weight is 399 g/mol. The molecule has 0 spiro atoms. The van der Waals surface area contributed by atoms with Crippen molar-refractivity contribution in [1.29, 1.82) is 5.26 Å². The number of aromatic nitrogens is 1. The molecule has 8 heteroatoms. The van der Waals surface area contributed by atoms with Gasteiger partial charge in [0.2, 0.25) is 10.0 Å². The third-order valence-corrected chi connectivity index (χ3v) is 4.72. The molecule has 1 aromatic heterocycles. The lowest BCUT2D eigenvalue weighted by atomic mass is 9.98. The molecule has 2 aromatic carbocycles. The first kappa shape index (κ1) is 18.7. The number of anilines is 2. The summed E-state index contributed by atoms with van der Waals surface area (Å²) in [5.74, 6) is 0.0754. The second-order valence-corrected chi connectivity index (χ2v) is 8.02. The zero-order valence-electron chi connectivity index (χ0n) is 14.3. The summed E-state index contributed by atoms with van der Waals surface area (Å²) in [4.78, 5) is 4.30. The highest BCUT2D eigenvalue weighted by molar-refractivity contribution is 7.92. The van der Waals surface area contributed by atoms with Gasteiger partial charge in [-0.05, 0) is 24.3 Å². The van der Waals surface area contributed by atoms with E-state index in [1.165, 1.54) is 0 Å². The molecule has 0 saturated carbocycles. The summed E-state index contributed by atoms with van der Waals surface area (Å²) >= 11 is 6.29. The molecule has 3 aromatic rings. The van der Waals surface area contributed by atoms with Gasteiger partial charge in [-0.3, -0.25) is 4.72 Å². The van der Waals surface area contributed by atoms with Gasteiger partial charge in [-0.2, -0.15) is 5.26 Å². The molecule has 0 unspecified atom stereocenters. The van der Waals surface area contributed by atoms with Crippen LogP contribution in [0.1, 0.15) is 5.56 Å². The molecule has 0 bridgehead atoms. The van der Waals surface area contributed by atoms with Crippen LogP contribution in [0.25, 0.3) is 22.4 Å². The molecule has 3 rings (SSSR count). The third-order valence-electron chi connectivity index (χ3n) is 3.78. The van der Waals surface area contributed by atoms with E-state index in [1.807, 2.05) is 6.07 Å². The molecule has 27 heavy (non-hydrogen) atoms. The van der Waals surface area contributed by atoms with Crippen molar-refractivity contribution in [3.05, 3.63) is 65.2 Å². The second-order valence-electron chi connectivity index (χ2n) is 5.86. The van der Waals surface area contributed by atoms with Crippen LogP contribution in [0.4, 0.5) is 11.5 Å². The molecule has 0 aliphatic heterocycles. The van der Waals surface area contributed by atoms with E-state index in [2.05, 4.69) is 15.8 Å². The van der Waals surface area contributed by atoms with Crippen LogP contribution in [0.15, 0.2) is 54.6 Å². The van der Waals surface area contributed by atoms with Crippen molar-refractivity contribution in [3.8, 4) is 28.5 Å². The first-order chi connectivity index (χ1) is 12.8. The topological polar surface area (TPSA) is 109 Å². The number of pyridine rings is 1. The summed E-state index contributed by atoms with van der Waals surface area (Å²) < 4.78 is 25.4. The van der Waals surface area contributed by atoms with Crippen molar-refractivity contribution in [1.82, 2.24) is 4.98 Å². The summed E-state index contributed by atoms with van der Waals surface area (Å²) in [5, 5.41) is 9.98. The van der Waals surface area contributed by atoms with Crippen LogP contribution in [0.2, 0.25) is 5.02 Å². The highest BCUT2D eigenvalue weighted by Gasteiger charge is 2.15. The van der Waals surface area contributed by atoms with Gasteiger partial charge in [0, 0.05) is 27.4 Å². The van der Waals surface area contributed by atoms with Gasteiger partial charge in [0.25, 0.3) is 0 Å². The standard InChI is InChI=1S/C19H15ClN4O2S/c1-27(25,26)24-13-6-4-5-12(9-13)18-10-15(16(11-21)19(22)23-18)14-7-2-3-8-17(14)20/h2-10,24H,1H3,(H2,22,23). The number of sulfonamides is 1. The fraction of sp³-hybridized carbons (Fsp3) is 0.0526. The molecule has 6 nitrogen and oxygen atoms in total. The Labute approximate surface area is 162 Å². The Morgan fingerprint density at radius 1 is 1.11 bits per heavy atom. The Hall–Kier alpha value is -3.08. The smallest absolute Gasteiger partial charge is 0.229 e. The van der Waals surface area contributed by atoms with Crippen LogP contribution in [0, 0.1) is 11.3 Å². The molecule has 0 amide bonds. The zero-order valence-corrected chi connectivity index (χ0v) is 15.8. The van der Waals surface area contributed by atoms with E-state index in [4.69, 9.17) is 17.3 Å². The monoisotopic (exact) mass is 398 g/mol. The minimum Gasteiger partial charge on any atom is -0.383 e. The van der Waals surface area contributed by atoms with Crippen LogP contribution >= 0.6 is 11.6 Å². The highest BCUT2D eigenvalue weighted by Crippen LogP contribution is 2.35. The van der Waals surface area contributed by atoms with Gasteiger partial charge in [-0.15, -0.1) is 0 Å². The Balaban J connectivity index is 2.18. The SMILES string of the molecule is CS(=O)(=O)Nc1cccc(-c2cc(-c3ccccc3Cl)c(C#N)c(N)n2)c1. The van der Waals surface area contributed by atoms with Crippen LogP contribution < -0.4 is 10.5 Å². The first-order valence-electron chi connectivity index (χ1n) is 7.82. The maximum Gasteiger partial charge on any atom is 0.229 e. The van der Waals surface area contributed by atoms with E-state index in [-0.39, 0.29) is 11.4 Å². The third kappa shape index (κ3) is 4.19. The van der Waals surface area contributed by atoms with Crippen LogP contribution in [0.3, 0.4) is 0 Å². The number of hydrogen-bond donors (Lipinski definition) is 2. The normalized spacial score (nSPS) is 11.0. The van der Waals surface area contributed by atoms with Crippen LogP contribution in [-0.4, -0.2) is 19.7 Å². The molecular formula is C19H15ClN4O2S. The molecule has 0 saturated heterocycles. The van der Waals surface area contributed by atoms with Crippen LogP contribution in [-0.2, 0) is 10.0 Å². The molecule has 0 aliphatic carbocycles. The van der Waals surface area contributed by atoms with E-state index in [0.717, 1.165) is 6.26 Å². The second kappa shape index (κ2) is 7.27. The van der Waals surface area contributed by atoms with Crippen molar-refractivity contribution in [2.24, 2.45) is 0 Å². The maximum absolute atomic E-state index is 11.5. The Bertz CT molecular complexity index is 1170. The van der Waals surface area contributed by atoms with Crippen molar-refractivity contribution < 1.29 is 8.42 Å². The average Bonchev–Trinajstić information content (AvgIpc) is 2.60. The van der Waals surface area contributed by atoms with Crippen molar-refractivity contribution in [3.63, 3.8) is 0 Å². The van der Waals surface area contributed by atoms with Gasteiger partial charge in [0.15, 0.2) is 0 Å². The number of nitriles is 1. The summed E-state index contributed by atoms with van der Waals surface area (Å²) in [6, 6.07) is 17.7. The van der Waals surface area contributed by atoms with Gasteiger partial charge in [0.05, 0.1) is 11.9 Å². The lowest BCUT2D eigenvalue weighted by Crippen LogP contribution is -2.09.